The summed E-state index contributed by atoms with van der Waals surface area (Å²) in [4.78, 5) is 26.3. The van der Waals surface area contributed by atoms with Gasteiger partial charge in [0.2, 0.25) is 5.91 Å². The maximum absolute atomic E-state index is 12.4. The highest BCUT2D eigenvalue weighted by molar-refractivity contribution is 6.05. The number of anilines is 1. The molecule has 0 radical (unpaired) electrons. The van der Waals surface area contributed by atoms with Crippen LogP contribution in [0.3, 0.4) is 0 Å². The van der Waals surface area contributed by atoms with Crippen molar-refractivity contribution in [3.63, 3.8) is 0 Å². The molecule has 0 aromatic heterocycles. The normalized spacial score (nSPS) is 16.2. The Morgan fingerprint density at radius 2 is 2.00 bits per heavy atom. The monoisotopic (exact) mass is 285 g/mol. The first-order valence-electron chi connectivity index (χ1n) is 8.20. The number of benzene rings is 1. The van der Waals surface area contributed by atoms with Gasteiger partial charge in [0, 0.05) is 18.5 Å². The molecule has 0 atom stereocenters. The van der Waals surface area contributed by atoms with E-state index in [9.17, 15) is 9.59 Å². The fourth-order valence-electron chi connectivity index (χ4n) is 3.50. The van der Waals surface area contributed by atoms with Gasteiger partial charge in [0.25, 0.3) is 0 Å². The molecule has 1 amide bonds. The first kappa shape index (κ1) is 14.3. The third-order valence-electron chi connectivity index (χ3n) is 4.59. The first-order chi connectivity index (χ1) is 10.2. The summed E-state index contributed by atoms with van der Waals surface area (Å²) in [6.07, 6.45) is 7.60. The SMILES string of the molecule is CCCCCCC(=O)c1cc2c3c(c1)CC(=O)N3CCC2. The summed E-state index contributed by atoms with van der Waals surface area (Å²) in [6.45, 7) is 3.01. The van der Waals surface area contributed by atoms with Crippen LogP contribution < -0.4 is 4.90 Å². The number of unbranched alkanes of at least 4 members (excludes halogenated alkanes) is 3. The van der Waals surface area contributed by atoms with Crippen molar-refractivity contribution < 1.29 is 9.59 Å². The number of ketones is 1. The Morgan fingerprint density at radius 1 is 1.19 bits per heavy atom. The van der Waals surface area contributed by atoms with Gasteiger partial charge in [0.15, 0.2) is 5.78 Å². The third-order valence-corrected chi connectivity index (χ3v) is 4.59. The Morgan fingerprint density at radius 3 is 2.81 bits per heavy atom. The number of rotatable bonds is 6. The number of hydrogen-bond acceptors (Lipinski definition) is 2. The maximum Gasteiger partial charge on any atom is 0.231 e. The highest BCUT2D eigenvalue weighted by atomic mass is 16.2. The van der Waals surface area contributed by atoms with Crippen molar-refractivity contribution in [1.82, 2.24) is 0 Å². The molecule has 2 aliphatic heterocycles. The van der Waals surface area contributed by atoms with Gasteiger partial charge < -0.3 is 4.90 Å². The predicted molar refractivity (Wildman–Crippen MR) is 83.9 cm³/mol. The van der Waals surface area contributed by atoms with E-state index in [4.69, 9.17) is 0 Å². The molecule has 2 heterocycles. The summed E-state index contributed by atoms with van der Waals surface area (Å²) in [5.74, 6) is 0.431. The number of nitrogens with zero attached hydrogens (tertiary/aromatic N) is 1. The molecule has 1 aromatic rings. The molecule has 0 N–H and O–H groups in total. The average Bonchev–Trinajstić information content (AvgIpc) is 2.81. The van der Waals surface area contributed by atoms with E-state index in [0.717, 1.165) is 49.0 Å². The van der Waals surface area contributed by atoms with Crippen LogP contribution in [0, 0.1) is 0 Å². The van der Waals surface area contributed by atoms with Gasteiger partial charge in [-0.25, -0.2) is 0 Å². The van der Waals surface area contributed by atoms with E-state index in [1.54, 1.807) is 0 Å². The molecular weight excluding hydrogens is 262 g/mol. The molecule has 0 spiro atoms. The van der Waals surface area contributed by atoms with Gasteiger partial charge in [0.1, 0.15) is 0 Å². The largest absolute Gasteiger partial charge is 0.312 e. The zero-order chi connectivity index (χ0) is 14.8. The topological polar surface area (TPSA) is 37.4 Å². The van der Waals surface area contributed by atoms with Crippen LogP contribution in [0.25, 0.3) is 0 Å². The fourth-order valence-corrected chi connectivity index (χ4v) is 3.50. The molecule has 3 nitrogen and oxygen atoms in total. The van der Waals surface area contributed by atoms with Gasteiger partial charge in [-0.1, -0.05) is 26.2 Å². The van der Waals surface area contributed by atoms with Gasteiger partial charge in [-0.3, -0.25) is 9.59 Å². The second-order valence-electron chi connectivity index (χ2n) is 6.20. The van der Waals surface area contributed by atoms with Crippen LogP contribution in [-0.4, -0.2) is 18.2 Å². The van der Waals surface area contributed by atoms with Crippen LogP contribution >= 0.6 is 0 Å². The van der Waals surface area contributed by atoms with Crippen molar-refractivity contribution in [3.05, 3.63) is 28.8 Å². The molecule has 0 bridgehead atoms. The van der Waals surface area contributed by atoms with E-state index in [2.05, 4.69) is 6.92 Å². The number of amides is 1. The predicted octanol–water partition coefficient (Wildman–Crippen LogP) is 3.68. The molecule has 3 heteroatoms. The third kappa shape index (κ3) is 2.74. The van der Waals surface area contributed by atoms with Gasteiger partial charge in [0.05, 0.1) is 12.1 Å². The summed E-state index contributed by atoms with van der Waals surface area (Å²) in [7, 11) is 0. The molecule has 0 aliphatic carbocycles. The molecule has 0 saturated carbocycles. The summed E-state index contributed by atoms with van der Waals surface area (Å²) in [5, 5.41) is 0. The molecular formula is C18H23NO2. The lowest BCUT2D eigenvalue weighted by Crippen LogP contribution is -2.31. The fraction of sp³-hybridized carbons (Fsp3) is 0.556. The standard InChI is InChI=1S/C18H23NO2/c1-2-3-4-5-8-16(20)14-10-13-7-6-9-19-17(21)12-15(11-14)18(13)19/h10-11H,2-9,12H2,1H3. The van der Waals surface area contributed by atoms with E-state index in [1.165, 1.54) is 18.4 Å². The minimum absolute atomic E-state index is 0.193. The average molecular weight is 285 g/mol. The van der Waals surface area contributed by atoms with E-state index in [1.807, 2.05) is 17.0 Å². The van der Waals surface area contributed by atoms with Crippen LogP contribution in [0.5, 0.6) is 0 Å². The molecule has 2 aliphatic rings. The zero-order valence-electron chi connectivity index (χ0n) is 12.8. The van der Waals surface area contributed by atoms with Crippen LogP contribution in [-0.2, 0) is 17.6 Å². The van der Waals surface area contributed by atoms with Gasteiger partial charge in [-0.05, 0) is 42.5 Å². The summed E-state index contributed by atoms with van der Waals surface area (Å²) < 4.78 is 0. The number of aryl methyl sites for hydroxylation is 1. The van der Waals surface area contributed by atoms with Crippen molar-refractivity contribution in [1.29, 1.82) is 0 Å². The molecule has 0 fully saturated rings. The van der Waals surface area contributed by atoms with Crippen molar-refractivity contribution in [2.24, 2.45) is 0 Å². The van der Waals surface area contributed by atoms with Crippen LogP contribution in [0.15, 0.2) is 12.1 Å². The van der Waals surface area contributed by atoms with Crippen molar-refractivity contribution >= 4 is 17.4 Å². The van der Waals surface area contributed by atoms with Gasteiger partial charge in [-0.15, -0.1) is 0 Å². The number of carbonyl (C=O) groups excluding carboxylic acids is 2. The number of Topliss-reactive ketones (excluding diaryl/α,β-unsaturated/α-hetero) is 1. The van der Waals surface area contributed by atoms with Crippen molar-refractivity contribution in [2.75, 3.05) is 11.4 Å². The second-order valence-corrected chi connectivity index (χ2v) is 6.20. The van der Waals surface area contributed by atoms with Crippen molar-refractivity contribution in [3.8, 4) is 0 Å². The van der Waals surface area contributed by atoms with E-state index >= 15 is 0 Å². The molecule has 0 unspecified atom stereocenters. The van der Waals surface area contributed by atoms with Crippen LogP contribution in [0.4, 0.5) is 5.69 Å². The van der Waals surface area contributed by atoms with Crippen LogP contribution in [0.2, 0.25) is 0 Å². The van der Waals surface area contributed by atoms with E-state index in [-0.39, 0.29) is 11.7 Å². The first-order valence-corrected chi connectivity index (χ1v) is 8.20. The Labute approximate surface area is 126 Å². The highest BCUT2D eigenvalue weighted by Gasteiger charge is 2.32. The molecule has 1 aromatic carbocycles. The second kappa shape index (κ2) is 6.00. The molecule has 0 saturated heterocycles. The highest BCUT2D eigenvalue weighted by Crippen LogP contribution is 2.37. The van der Waals surface area contributed by atoms with Gasteiger partial charge in [-0.2, -0.15) is 0 Å². The molecule has 21 heavy (non-hydrogen) atoms. The lowest BCUT2D eigenvalue weighted by atomic mass is 9.94. The maximum atomic E-state index is 12.4. The lowest BCUT2D eigenvalue weighted by molar-refractivity contribution is -0.117. The number of carbonyl (C=O) groups is 2. The molecule has 112 valence electrons. The zero-order valence-corrected chi connectivity index (χ0v) is 12.8. The molecule has 3 rings (SSSR count). The quantitative estimate of drug-likeness (QED) is 0.590. The Kier molecular flexibility index (Phi) is 4.09. The van der Waals surface area contributed by atoms with Crippen LogP contribution in [0.1, 0.15) is 66.9 Å². The summed E-state index contributed by atoms with van der Waals surface area (Å²) in [5.41, 5.74) is 4.18. The van der Waals surface area contributed by atoms with E-state index in [0.29, 0.717) is 12.8 Å². The summed E-state index contributed by atoms with van der Waals surface area (Å²) >= 11 is 0. The smallest absolute Gasteiger partial charge is 0.231 e. The Bertz CT molecular complexity index is 577. The minimum Gasteiger partial charge on any atom is -0.312 e. The van der Waals surface area contributed by atoms with E-state index < -0.39 is 0 Å². The lowest BCUT2D eigenvalue weighted by Gasteiger charge is -2.25. The Hall–Kier alpha value is -1.64. The minimum atomic E-state index is 0.193. The van der Waals surface area contributed by atoms with Gasteiger partial charge >= 0.3 is 0 Å². The summed E-state index contributed by atoms with van der Waals surface area (Å²) in [6, 6.07) is 4.00. The number of hydrogen-bond donors (Lipinski definition) is 0. The Balaban J connectivity index is 1.78. The van der Waals surface area contributed by atoms with Crippen molar-refractivity contribution in [2.45, 2.75) is 58.3 Å².